The van der Waals surface area contributed by atoms with Crippen molar-refractivity contribution in [3.63, 3.8) is 0 Å². The fraction of sp³-hybridized carbons (Fsp3) is 0.556. The Morgan fingerprint density at radius 3 is 2.38 bits per heavy atom. The molecular weight excluding hydrogens is 269 g/mol. The highest BCUT2D eigenvalue weighted by Gasteiger charge is 2.34. The van der Waals surface area contributed by atoms with E-state index in [-0.39, 0.29) is 0 Å². The Hall–Kier alpha value is -0.978. The Morgan fingerprint density at radius 2 is 1.76 bits per heavy atom. The average molecular weight is 299 g/mol. The van der Waals surface area contributed by atoms with Gasteiger partial charge in [-0.1, -0.05) is 70.7 Å². The van der Waals surface area contributed by atoms with Crippen molar-refractivity contribution in [3.8, 4) is 11.7 Å². The Kier molecular flexibility index (Phi) is 7.28. The van der Waals surface area contributed by atoms with E-state index in [0.717, 1.165) is 19.4 Å². The molecule has 0 radical (unpaired) electrons. The minimum Gasteiger partial charge on any atom is -0.337 e. The predicted molar refractivity (Wildman–Crippen MR) is 99.7 cm³/mol. The topological polar surface area (TPSA) is 12.0 Å². The second kappa shape index (κ2) is 8.46. The lowest BCUT2D eigenvalue weighted by Gasteiger charge is -2.37. The zero-order valence-electron chi connectivity index (χ0n) is 14.4. The SMILES string of the molecule is CC(C)(C)[Si](C)(C)NCCCCBC#Cc1ccccc1. The van der Waals surface area contributed by atoms with Gasteiger partial charge in [-0.25, -0.2) is 0 Å². The molecule has 114 valence electrons. The summed E-state index contributed by atoms with van der Waals surface area (Å²) in [6, 6.07) is 10.2. The van der Waals surface area contributed by atoms with Crippen LogP contribution in [0.25, 0.3) is 0 Å². The van der Waals surface area contributed by atoms with Gasteiger partial charge in [0.1, 0.15) is 8.24 Å². The van der Waals surface area contributed by atoms with E-state index in [9.17, 15) is 0 Å². The summed E-state index contributed by atoms with van der Waals surface area (Å²) in [5, 5.41) is 0.425. The van der Waals surface area contributed by atoms with Crippen molar-refractivity contribution in [2.45, 2.75) is 58.1 Å². The number of benzene rings is 1. The molecule has 0 saturated carbocycles. The molecule has 1 aromatic carbocycles. The largest absolute Gasteiger partial charge is 0.337 e. The maximum absolute atomic E-state index is 3.82. The first-order chi connectivity index (χ1) is 9.83. The summed E-state index contributed by atoms with van der Waals surface area (Å²) in [6.45, 7) is 13.1. The van der Waals surface area contributed by atoms with Crippen LogP contribution in [-0.2, 0) is 0 Å². The molecule has 1 N–H and O–H groups in total. The number of nitrogens with one attached hydrogen (secondary N) is 1. The molecule has 0 unspecified atom stereocenters. The van der Waals surface area contributed by atoms with Crippen LogP contribution in [-0.4, -0.2) is 22.1 Å². The highest BCUT2D eigenvalue weighted by atomic mass is 28.3. The van der Waals surface area contributed by atoms with Crippen molar-refractivity contribution in [1.29, 1.82) is 0 Å². The molecule has 0 aromatic heterocycles. The van der Waals surface area contributed by atoms with E-state index >= 15 is 0 Å². The van der Waals surface area contributed by atoms with Gasteiger partial charge >= 0.3 is 0 Å². The molecule has 1 rings (SSSR count). The second-order valence-corrected chi connectivity index (χ2v) is 12.4. The van der Waals surface area contributed by atoms with Gasteiger partial charge in [0.25, 0.3) is 0 Å². The van der Waals surface area contributed by atoms with Gasteiger partial charge in [0.2, 0.25) is 7.28 Å². The first kappa shape index (κ1) is 18.1. The first-order valence-electron chi connectivity index (χ1n) is 8.12. The van der Waals surface area contributed by atoms with Gasteiger partial charge in [-0.2, -0.15) is 5.82 Å². The van der Waals surface area contributed by atoms with Gasteiger partial charge in [0.15, 0.2) is 0 Å². The molecule has 1 nitrogen and oxygen atoms in total. The van der Waals surface area contributed by atoms with E-state index in [1.54, 1.807) is 0 Å². The molecule has 0 aliphatic carbocycles. The number of unbranched alkanes of at least 4 members (excludes halogenated alkanes) is 1. The Bertz CT molecular complexity index is 465. The zero-order chi connectivity index (χ0) is 15.8. The lowest BCUT2D eigenvalue weighted by atomic mass is 9.74. The molecule has 0 heterocycles. The Balaban J connectivity index is 2.12. The van der Waals surface area contributed by atoms with Gasteiger partial charge in [-0.3, -0.25) is 0 Å². The highest BCUT2D eigenvalue weighted by Crippen LogP contribution is 2.33. The third kappa shape index (κ3) is 7.02. The molecule has 0 aliphatic rings. The minimum absolute atomic E-state index is 0.425. The summed E-state index contributed by atoms with van der Waals surface area (Å²) < 4.78 is 0. The van der Waals surface area contributed by atoms with Crippen LogP contribution in [0.2, 0.25) is 24.5 Å². The Labute approximate surface area is 133 Å². The molecule has 0 aliphatic heterocycles. The molecule has 0 amide bonds. The number of hydrogen-bond donors (Lipinski definition) is 1. The van der Waals surface area contributed by atoms with E-state index in [4.69, 9.17) is 0 Å². The summed E-state index contributed by atoms with van der Waals surface area (Å²) in [7, 11) is -0.293. The first-order valence-corrected chi connectivity index (χ1v) is 11.1. The number of rotatable bonds is 6. The molecule has 1 aromatic rings. The Morgan fingerprint density at radius 1 is 1.10 bits per heavy atom. The summed E-state index contributed by atoms with van der Waals surface area (Å²) in [5.74, 6) is 6.49. The highest BCUT2D eigenvalue weighted by molar-refractivity contribution is 6.77. The van der Waals surface area contributed by atoms with Crippen molar-refractivity contribution in [3.05, 3.63) is 35.9 Å². The van der Waals surface area contributed by atoms with E-state index in [2.05, 4.69) is 62.7 Å². The van der Waals surface area contributed by atoms with Crippen molar-refractivity contribution >= 4 is 15.5 Å². The zero-order valence-corrected chi connectivity index (χ0v) is 15.4. The van der Waals surface area contributed by atoms with Crippen LogP contribution in [0, 0.1) is 11.7 Å². The van der Waals surface area contributed by atoms with E-state index < -0.39 is 8.24 Å². The fourth-order valence-corrected chi connectivity index (χ4v) is 3.20. The average Bonchev–Trinajstić information content (AvgIpc) is 2.41. The maximum Gasteiger partial charge on any atom is 0.214 e. The quantitative estimate of drug-likeness (QED) is 0.471. The molecule has 0 bridgehead atoms. The van der Waals surface area contributed by atoms with Gasteiger partial charge in [-0.05, 0) is 30.1 Å². The van der Waals surface area contributed by atoms with Crippen LogP contribution >= 0.6 is 0 Å². The van der Waals surface area contributed by atoms with Crippen molar-refractivity contribution in [2.24, 2.45) is 0 Å². The van der Waals surface area contributed by atoms with Crippen LogP contribution in [0.1, 0.15) is 39.2 Å². The van der Waals surface area contributed by atoms with Gasteiger partial charge < -0.3 is 4.98 Å². The molecule has 0 saturated heterocycles. The van der Waals surface area contributed by atoms with Crippen LogP contribution in [0.15, 0.2) is 30.3 Å². The molecule has 0 fully saturated rings. The molecular formula is C18H30BNSi. The van der Waals surface area contributed by atoms with Crippen molar-refractivity contribution in [1.82, 2.24) is 4.98 Å². The second-order valence-electron chi connectivity index (χ2n) is 7.28. The van der Waals surface area contributed by atoms with Crippen molar-refractivity contribution < 1.29 is 0 Å². The lowest BCUT2D eigenvalue weighted by Crippen LogP contribution is -2.52. The molecule has 0 atom stereocenters. The summed E-state index contributed by atoms with van der Waals surface area (Å²) in [6.07, 6.45) is 3.74. The normalized spacial score (nSPS) is 11.7. The summed E-state index contributed by atoms with van der Waals surface area (Å²) >= 11 is 0. The van der Waals surface area contributed by atoms with E-state index in [1.807, 2.05) is 18.2 Å². The predicted octanol–water partition coefficient (Wildman–Crippen LogP) is 4.23. The van der Waals surface area contributed by atoms with Crippen molar-refractivity contribution in [2.75, 3.05) is 6.54 Å². The monoisotopic (exact) mass is 299 g/mol. The lowest BCUT2D eigenvalue weighted by molar-refractivity contribution is 0.666. The molecule has 3 heteroatoms. The maximum atomic E-state index is 3.82. The van der Waals surface area contributed by atoms with Crippen LogP contribution in [0.5, 0.6) is 0 Å². The summed E-state index contributed by atoms with van der Waals surface area (Å²) in [4.78, 5) is 3.82. The molecule has 21 heavy (non-hydrogen) atoms. The van der Waals surface area contributed by atoms with Crippen LogP contribution in [0.4, 0.5) is 0 Å². The standard InChI is InChI=1S/C18H30BNSi/c1-18(2,3)21(4,5)20-16-10-9-14-19-15-13-17-11-7-6-8-12-17/h6-8,11-12,19-20H,9-10,14,16H2,1-5H3. The smallest absolute Gasteiger partial charge is 0.214 e. The van der Waals surface area contributed by atoms with E-state index in [1.165, 1.54) is 19.2 Å². The fourth-order valence-electron chi connectivity index (χ4n) is 1.87. The summed E-state index contributed by atoms with van der Waals surface area (Å²) in [5.41, 5.74) is 1.12. The van der Waals surface area contributed by atoms with Gasteiger partial charge in [0, 0.05) is 5.56 Å². The van der Waals surface area contributed by atoms with Gasteiger partial charge in [-0.15, -0.1) is 0 Å². The molecule has 0 spiro atoms. The number of hydrogen-bond acceptors (Lipinski definition) is 1. The van der Waals surface area contributed by atoms with Crippen LogP contribution < -0.4 is 4.98 Å². The van der Waals surface area contributed by atoms with Gasteiger partial charge in [0.05, 0.1) is 0 Å². The van der Waals surface area contributed by atoms with E-state index in [0.29, 0.717) is 5.04 Å². The minimum atomic E-state index is -1.30. The third-order valence-corrected chi connectivity index (χ3v) is 9.31. The third-order valence-electron chi connectivity index (χ3n) is 4.43. The van der Waals surface area contributed by atoms with Crippen LogP contribution in [0.3, 0.4) is 0 Å².